The first-order chi connectivity index (χ1) is 7.72. The van der Waals surface area contributed by atoms with Gasteiger partial charge in [0.2, 0.25) is 0 Å². The minimum atomic E-state index is 0.616. The van der Waals surface area contributed by atoms with Crippen LogP contribution in [-0.2, 0) is 0 Å². The van der Waals surface area contributed by atoms with E-state index in [-0.39, 0.29) is 0 Å². The summed E-state index contributed by atoms with van der Waals surface area (Å²) in [4.78, 5) is 2.54. The van der Waals surface area contributed by atoms with E-state index in [9.17, 15) is 0 Å². The minimum Gasteiger partial charge on any atom is -0.330 e. The molecule has 1 aliphatic heterocycles. The fourth-order valence-electron chi connectivity index (χ4n) is 2.64. The topological polar surface area (TPSA) is 29.3 Å². The van der Waals surface area contributed by atoms with Crippen LogP contribution in [0.4, 0.5) is 0 Å². The molecule has 0 saturated carbocycles. The Morgan fingerprint density at radius 1 is 1.25 bits per heavy atom. The van der Waals surface area contributed by atoms with E-state index in [1.807, 2.05) is 0 Å². The summed E-state index contributed by atoms with van der Waals surface area (Å²) in [5.74, 6) is 1.23. The molecule has 1 aromatic rings. The lowest BCUT2D eigenvalue weighted by Gasteiger charge is -2.20. The molecule has 1 fully saturated rings. The third-order valence-corrected chi connectivity index (χ3v) is 3.73. The van der Waals surface area contributed by atoms with E-state index in [0.717, 1.165) is 19.6 Å². The van der Waals surface area contributed by atoms with E-state index in [4.69, 9.17) is 5.73 Å². The Kier molecular flexibility index (Phi) is 3.62. The van der Waals surface area contributed by atoms with Gasteiger partial charge >= 0.3 is 0 Å². The number of likely N-dealkylation sites (tertiary alicyclic amines) is 1. The van der Waals surface area contributed by atoms with Crippen LogP contribution in [0.15, 0.2) is 30.3 Å². The molecule has 1 aliphatic rings. The molecule has 1 heterocycles. The fourth-order valence-corrected chi connectivity index (χ4v) is 2.64. The molecule has 0 amide bonds. The monoisotopic (exact) mass is 218 g/mol. The average molecular weight is 218 g/mol. The summed E-state index contributed by atoms with van der Waals surface area (Å²) >= 11 is 0. The van der Waals surface area contributed by atoms with Crippen molar-refractivity contribution in [1.82, 2.24) is 4.90 Å². The summed E-state index contributed by atoms with van der Waals surface area (Å²) in [5, 5.41) is 0. The first-order valence-corrected chi connectivity index (χ1v) is 6.21. The number of hydrogen-bond acceptors (Lipinski definition) is 2. The normalized spacial score (nSPS) is 26.5. The van der Waals surface area contributed by atoms with Gasteiger partial charge in [-0.05, 0) is 31.9 Å². The molecule has 1 saturated heterocycles. The minimum absolute atomic E-state index is 0.616. The van der Waals surface area contributed by atoms with Gasteiger partial charge in [-0.3, -0.25) is 4.90 Å². The average Bonchev–Trinajstić information content (AvgIpc) is 2.74. The van der Waals surface area contributed by atoms with Crippen molar-refractivity contribution in [3.63, 3.8) is 0 Å². The van der Waals surface area contributed by atoms with Crippen LogP contribution in [0.2, 0.25) is 0 Å². The van der Waals surface area contributed by atoms with E-state index in [0.29, 0.717) is 17.9 Å². The zero-order valence-corrected chi connectivity index (χ0v) is 10.3. The molecule has 1 aromatic carbocycles. The first-order valence-electron chi connectivity index (χ1n) is 6.21. The van der Waals surface area contributed by atoms with Crippen molar-refractivity contribution in [1.29, 1.82) is 0 Å². The molecule has 0 aromatic heterocycles. The van der Waals surface area contributed by atoms with E-state index in [1.165, 1.54) is 5.56 Å². The van der Waals surface area contributed by atoms with Crippen LogP contribution in [-0.4, -0.2) is 30.6 Å². The Morgan fingerprint density at radius 2 is 1.94 bits per heavy atom. The lowest BCUT2D eigenvalue weighted by Crippen LogP contribution is -2.29. The van der Waals surface area contributed by atoms with Gasteiger partial charge in [0.1, 0.15) is 0 Å². The maximum absolute atomic E-state index is 5.90. The molecule has 88 valence electrons. The summed E-state index contributed by atoms with van der Waals surface area (Å²) in [6.45, 7) is 7.63. The van der Waals surface area contributed by atoms with Crippen LogP contribution in [0.5, 0.6) is 0 Å². The van der Waals surface area contributed by atoms with Crippen LogP contribution in [0.1, 0.15) is 25.3 Å². The van der Waals surface area contributed by atoms with Crippen LogP contribution in [0, 0.1) is 5.92 Å². The number of nitrogens with zero attached hydrogens (tertiary/aromatic N) is 1. The maximum Gasteiger partial charge on any atom is 0.00567 e. The van der Waals surface area contributed by atoms with Crippen molar-refractivity contribution in [2.75, 3.05) is 19.6 Å². The second-order valence-corrected chi connectivity index (χ2v) is 5.06. The highest BCUT2D eigenvalue weighted by Crippen LogP contribution is 2.32. The van der Waals surface area contributed by atoms with Gasteiger partial charge in [0, 0.05) is 25.0 Å². The lowest BCUT2D eigenvalue weighted by atomic mass is 9.89. The van der Waals surface area contributed by atoms with Crippen LogP contribution in [0.25, 0.3) is 0 Å². The van der Waals surface area contributed by atoms with Crippen molar-refractivity contribution in [2.45, 2.75) is 25.8 Å². The predicted molar refractivity (Wildman–Crippen MR) is 68.4 cm³/mol. The summed E-state index contributed by atoms with van der Waals surface area (Å²) in [6.07, 6.45) is 0. The third-order valence-electron chi connectivity index (χ3n) is 3.73. The van der Waals surface area contributed by atoms with Crippen LogP contribution in [0.3, 0.4) is 0 Å². The van der Waals surface area contributed by atoms with Crippen molar-refractivity contribution < 1.29 is 0 Å². The molecular weight excluding hydrogens is 196 g/mol. The van der Waals surface area contributed by atoms with Gasteiger partial charge in [-0.1, -0.05) is 30.3 Å². The van der Waals surface area contributed by atoms with Gasteiger partial charge in [-0.2, -0.15) is 0 Å². The second-order valence-electron chi connectivity index (χ2n) is 5.06. The predicted octanol–water partition coefficient (Wildman–Crippen LogP) is 2.07. The van der Waals surface area contributed by atoms with Crippen LogP contribution >= 0.6 is 0 Å². The Morgan fingerprint density at radius 3 is 2.50 bits per heavy atom. The van der Waals surface area contributed by atoms with Gasteiger partial charge < -0.3 is 5.73 Å². The largest absolute Gasteiger partial charge is 0.330 e. The highest BCUT2D eigenvalue weighted by Gasteiger charge is 2.33. The molecule has 16 heavy (non-hydrogen) atoms. The molecule has 2 rings (SSSR count). The molecular formula is C14H22N2. The van der Waals surface area contributed by atoms with E-state index in [1.54, 1.807) is 0 Å². The highest BCUT2D eigenvalue weighted by atomic mass is 15.2. The van der Waals surface area contributed by atoms with E-state index < -0.39 is 0 Å². The molecule has 2 atom stereocenters. The smallest absolute Gasteiger partial charge is 0.00567 e. The number of rotatable bonds is 3. The van der Waals surface area contributed by atoms with Crippen LogP contribution < -0.4 is 5.73 Å². The van der Waals surface area contributed by atoms with Crippen molar-refractivity contribution in [3.05, 3.63) is 35.9 Å². The zero-order chi connectivity index (χ0) is 11.5. The summed E-state index contributed by atoms with van der Waals surface area (Å²) in [5.41, 5.74) is 7.34. The Labute approximate surface area is 98.4 Å². The van der Waals surface area contributed by atoms with Gasteiger partial charge in [0.05, 0.1) is 0 Å². The van der Waals surface area contributed by atoms with Gasteiger partial charge in [-0.15, -0.1) is 0 Å². The Bertz CT molecular complexity index is 321. The van der Waals surface area contributed by atoms with E-state index >= 15 is 0 Å². The molecule has 0 radical (unpaired) electrons. The molecule has 0 spiro atoms. The fraction of sp³-hybridized carbons (Fsp3) is 0.571. The lowest BCUT2D eigenvalue weighted by molar-refractivity contribution is 0.265. The third kappa shape index (κ3) is 2.28. The quantitative estimate of drug-likeness (QED) is 0.841. The number of nitrogens with two attached hydrogens (primary N) is 1. The zero-order valence-electron chi connectivity index (χ0n) is 10.3. The summed E-state index contributed by atoms with van der Waals surface area (Å²) < 4.78 is 0. The molecule has 2 nitrogen and oxygen atoms in total. The maximum atomic E-state index is 5.90. The Balaban J connectivity index is 2.15. The Hall–Kier alpha value is -0.860. The van der Waals surface area contributed by atoms with E-state index in [2.05, 4.69) is 49.1 Å². The number of benzene rings is 1. The highest BCUT2D eigenvalue weighted by molar-refractivity contribution is 5.22. The van der Waals surface area contributed by atoms with Crippen molar-refractivity contribution in [2.24, 2.45) is 11.7 Å². The molecule has 2 heteroatoms. The molecule has 0 bridgehead atoms. The SMILES string of the molecule is CC(C)N1C[C@H](CN)[C@@H](c2ccccc2)C1. The van der Waals surface area contributed by atoms with Crippen molar-refractivity contribution >= 4 is 0 Å². The van der Waals surface area contributed by atoms with Gasteiger partial charge in [-0.25, -0.2) is 0 Å². The van der Waals surface area contributed by atoms with Gasteiger partial charge in [0.25, 0.3) is 0 Å². The standard InChI is InChI=1S/C14H22N2/c1-11(2)16-9-13(8-15)14(10-16)12-6-4-3-5-7-12/h3-7,11,13-14H,8-10,15H2,1-2H3/t13-,14+/m0/s1. The first kappa shape index (κ1) is 11.6. The van der Waals surface area contributed by atoms with Crippen molar-refractivity contribution in [3.8, 4) is 0 Å². The second kappa shape index (κ2) is 4.98. The number of hydrogen-bond donors (Lipinski definition) is 1. The molecule has 0 aliphatic carbocycles. The van der Waals surface area contributed by atoms with Gasteiger partial charge in [0.15, 0.2) is 0 Å². The summed E-state index contributed by atoms with van der Waals surface area (Å²) in [6, 6.07) is 11.4. The molecule has 0 unspecified atom stereocenters. The molecule has 2 N–H and O–H groups in total. The summed E-state index contributed by atoms with van der Waals surface area (Å²) in [7, 11) is 0.